The molecule has 0 spiro atoms. The monoisotopic (exact) mass is 404 g/mol. The zero-order valence-corrected chi connectivity index (χ0v) is 15.2. The summed E-state index contributed by atoms with van der Waals surface area (Å²) in [5.41, 5.74) is -0.942. The zero-order valence-electron chi connectivity index (χ0n) is 14.4. The predicted molar refractivity (Wildman–Crippen MR) is 90.8 cm³/mol. The number of nitrogens with one attached hydrogen (secondary N) is 1. The average molecular weight is 404 g/mol. The second-order valence-electron chi connectivity index (χ2n) is 5.43. The Labute approximate surface area is 153 Å². The van der Waals surface area contributed by atoms with E-state index in [4.69, 9.17) is 0 Å². The lowest BCUT2D eigenvalue weighted by molar-refractivity contribution is 0.102. The Morgan fingerprint density at radius 1 is 0.926 bits per heavy atom. The highest BCUT2D eigenvalue weighted by atomic mass is 32.2. The summed E-state index contributed by atoms with van der Waals surface area (Å²) < 4.78 is 79.9. The molecule has 2 aromatic rings. The molecule has 0 unspecified atom stereocenters. The van der Waals surface area contributed by atoms with E-state index in [-0.39, 0.29) is 24.7 Å². The molecule has 5 nitrogen and oxygen atoms in total. The van der Waals surface area contributed by atoms with Crippen LogP contribution < -0.4 is 5.32 Å². The first-order valence-electron chi connectivity index (χ1n) is 7.87. The maximum atomic E-state index is 14.1. The van der Waals surface area contributed by atoms with E-state index in [0.717, 1.165) is 22.5 Å². The lowest BCUT2D eigenvalue weighted by Crippen LogP contribution is -2.31. The van der Waals surface area contributed by atoms with Crippen LogP contribution in [0.25, 0.3) is 0 Å². The van der Waals surface area contributed by atoms with Crippen LogP contribution >= 0.6 is 0 Å². The summed E-state index contributed by atoms with van der Waals surface area (Å²) in [7, 11) is -4.19. The summed E-state index contributed by atoms with van der Waals surface area (Å²) in [5, 5.41) is 2.00. The number of carbonyl (C=O) groups excluding carboxylic acids is 1. The minimum atomic E-state index is -4.19. The highest BCUT2D eigenvalue weighted by Gasteiger charge is 2.26. The van der Waals surface area contributed by atoms with E-state index < -0.39 is 49.8 Å². The van der Waals surface area contributed by atoms with Gasteiger partial charge >= 0.3 is 0 Å². The number of rotatable bonds is 6. The van der Waals surface area contributed by atoms with Gasteiger partial charge < -0.3 is 5.32 Å². The predicted octanol–water partition coefficient (Wildman–Crippen LogP) is 3.53. The molecule has 0 saturated carbocycles. The summed E-state index contributed by atoms with van der Waals surface area (Å²) in [4.78, 5) is 11.5. The van der Waals surface area contributed by atoms with Crippen LogP contribution in [0.4, 0.5) is 23.2 Å². The Hall–Kier alpha value is -2.46. The number of halogens is 4. The zero-order chi connectivity index (χ0) is 20.4. The van der Waals surface area contributed by atoms with Crippen LogP contribution in [0.1, 0.15) is 24.2 Å². The number of benzene rings is 2. The van der Waals surface area contributed by atoms with Crippen LogP contribution in [0, 0.1) is 23.3 Å². The second-order valence-corrected chi connectivity index (χ2v) is 7.34. The third kappa shape index (κ3) is 4.28. The van der Waals surface area contributed by atoms with Gasteiger partial charge in [0.25, 0.3) is 5.91 Å². The number of amides is 1. The molecule has 0 aromatic heterocycles. The summed E-state index contributed by atoms with van der Waals surface area (Å²) in [6.07, 6.45) is 0. The molecule has 2 aromatic carbocycles. The molecule has 0 radical (unpaired) electrons. The van der Waals surface area contributed by atoms with Crippen LogP contribution in [0.3, 0.4) is 0 Å². The van der Waals surface area contributed by atoms with E-state index in [1.807, 2.05) is 5.32 Å². The third-order valence-corrected chi connectivity index (χ3v) is 5.84. The first-order chi connectivity index (χ1) is 12.6. The van der Waals surface area contributed by atoms with E-state index in [9.17, 15) is 30.8 Å². The van der Waals surface area contributed by atoms with Crippen molar-refractivity contribution < 1.29 is 30.8 Å². The van der Waals surface area contributed by atoms with Crippen molar-refractivity contribution in [3.05, 3.63) is 59.2 Å². The van der Waals surface area contributed by atoms with Gasteiger partial charge in [-0.15, -0.1) is 0 Å². The third-order valence-electron chi connectivity index (χ3n) is 3.77. The molecule has 2 rings (SSSR count). The highest BCUT2D eigenvalue weighted by Crippen LogP contribution is 2.23. The summed E-state index contributed by atoms with van der Waals surface area (Å²) in [6, 6.07) is 3.28. The van der Waals surface area contributed by atoms with Gasteiger partial charge in [0.2, 0.25) is 10.0 Å². The van der Waals surface area contributed by atoms with Crippen molar-refractivity contribution in [2.24, 2.45) is 0 Å². The number of nitrogens with zero attached hydrogens (tertiary/aromatic N) is 1. The topological polar surface area (TPSA) is 66.5 Å². The minimum absolute atomic E-state index is 0.0920. The smallest absolute Gasteiger partial charge is 0.255 e. The SMILES string of the molecule is CCN(CC)S(=O)(=O)c1cc(C(=O)Nc2cc(F)c(F)cc2F)ccc1F. The summed E-state index contributed by atoms with van der Waals surface area (Å²) in [6.45, 7) is 3.33. The number of sulfonamides is 1. The molecular formula is C17H16F4N2O3S. The molecule has 0 bridgehead atoms. The molecule has 0 aliphatic rings. The fourth-order valence-electron chi connectivity index (χ4n) is 2.36. The van der Waals surface area contributed by atoms with E-state index in [2.05, 4.69) is 0 Å². The molecule has 0 saturated heterocycles. The fourth-order valence-corrected chi connectivity index (χ4v) is 3.91. The van der Waals surface area contributed by atoms with Crippen LogP contribution in [0.15, 0.2) is 35.2 Å². The van der Waals surface area contributed by atoms with Crippen molar-refractivity contribution in [1.82, 2.24) is 4.31 Å². The molecule has 0 heterocycles. The van der Waals surface area contributed by atoms with Gasteiger partial charge in [0.15, 0.2) is 11.6 Å². The quantitative estimate of drug-likeness (QED) is 0.592. The Bertz CT molecular complexity index is 976. The molecular weight excluding hydrogens is 388 g/mol. The maximum absolute atomic E-state index is 14.1. The maximum Gasteiger partial charge on any atom is 0.255 e. The Morgan fingerprint density at radius 2 is 1.52 bits per heavy atom. The Morgan fingerprint density at radius 3 is 2.11 bits per heavy atom. The highest BCUT2D eigenvalue weighted by molar-refractivity contribution is 7.89. The van der Waals surface area contributed by atoms with Crippen LogP contribution in [0.5, 0.6) is 0 Å². The molecule has 0 fully saturated rings. The van der Waals surface area contributed by atoms with E-state index in [0.29, 0.717) is 6.07 Å². The van der Waals surface area contributed by atoms with Crippen molar-refractivity contribution in [2.45, 2.75) is 18.7 Å². The van der Waals surface area contributed by atoms with Gasteiger partial charge in [-0.05, 0) is 18.2 Å². The van der Waals surface area contributed by atoms with Crippen molar-refractivity contribution in [1.29, 1.82) is 0 Å². The minimum Gasteiger partial charge on any atom is -0.319 e. The van der Waals surface area contributed by atoms with Crippen molar-refractivity contribution >= 4 is 21.6 Å². The summed E-state index contributed by atoms with van der Waals surface area (Å²) in [5.74, 6) is -6.11. The lowest BCUT2D eigenvalue weighted by atomic mass is 10.2. The van der Waals surface area contributed by atoms with Gasteiger partial charge in [-0.3, -0.25) is 4.79 Å². The van der Waals surface area contributed by atoms with Crippen LogP contribution in [0.2, 0.25) is 0 Å². The molecule has 0 atom stereocenters. The first kappa shape index (κ1) is 20.8. The average Bonchev–Trinajstić information content (AvgIpc) is 2.60. The largest absolute Gasteiger partial charge is 0.319 e. The normalized spacial score (nSPS) is 11.7. The van der Waals surface area contributed by atoms with Crippen molar-refractivity contribution in [2.75, 3.05) is 18.4 Å². The van der Waals surface area contributed by atoms with Crippen molar-refractivity contribution in [3.63, 3.8) is 0 Å². The van der Waals surface area contributed by atoms with Gasteiger partial charge in [-0.1, -0.05) is 13.8 Å². The van der Waals surface area contributed by atoms with Gasteiger partial charge in [0.05, 0.1) is 5.69 Å². The molecule has 0 aliphatic heterocycles. The molecule has 0 aliphatic carbocycles. The molecule has 27 heavy (non-hydrogen) atoms. The summed E-state index contributed by atoms with van der Waals surface area (Å²) >= 11 is 0. The molecule has 1 amide bonds. The van der Waals surface area contributed by atoms with E-state index in [1.165, 1.54) is 0 Å². The second kappa shape index (κ2) is 8.05. The Kier molecular flexibility index (Phi) is 6.22. The van der Waals surface area contributed by atoms with Gasteiger partial charge in [-0.25, -0.2) is 26.0 Å². The van der Waals surface area contributed by atoms with Gasteiger partial charge in [0, 0.05) is 30.8 Å². The molecule has 146 valence electrons. The fraction of sp³-hybridized carbons (Fsp3) is 0.235. The lowest BCUT2D eigenvalue weighted by Gasteiger charge is -2.19. The first-order valence-corrected chi connectivity index (χ1v) is 9.31. The number of carbonyl (C=O) groups is 1. The standard InChI is InChI=1S/C17H16F4N2O3S/c1-3-23(4-2)27(25,26)16-7-10(5-6-11(16)18)17(24)22-15-9-13(20)12(19)8-14(15)21/h5-9H,3-4H2,1-2H3,(H,22,24). The number of hydrogen-bond acceptors (Lipinski definition) is 3. The molecule has 10 heteroatoms. The van der Waals surface area contributed by atoms with Gasteiger partial charge in [0.1, 0.15) is 16.5 Å². The number of anilines is 1. The Balaban J connectivity index is 2.41. The van der Waals surface area contributed by atoms with Crippen LogP contribution in [-0.2, 0) is 10.0 Å². The van der Waals surface area contributed by atoms with E-state index in [1.54, 1.807) is 13.8 Å². The van der Waals surface area contributed by atoms with Gasteiger partial charge in [-0.2, -0.15) is 4.31 Å². The van der Waals surface area contributed by atoms with Crippen LogP contribution in [-0.4, -0.2) is 31.7 Å². The van der Waals surface area contributed by atoms with E-state index >= 15 is 0 Å². The number of hydrogen-bond donors (Lipinski definition) is 1. The molecule has 1 N–H and O–H groups in total. The van der Waals surface area contributed by atoms with Crippen molar-refractivity contribution in [3.8, 4) is 0 Å².